The largest absolute Gasteiger partial charge is 0.348 e. The second-order valence-electron chi connectivity index (χ2n) is 7.01. The first-order valence-electron chi connectivity index (χ1n) is 9.60. The first-order chi connectivity index (χ1) is 13.9. The number of aryl methyl sites for hydroxylation is 1. The average molecular weight is 436 g/mol. The van der Waals surface area contributed by atoms with Crippen LogP contribution in [0.2, 0.25) is 0 Å². The molecule has 2 aromatic rings. The highest BCUT2D eigenvalue weighted by Gasteiger charge is 2.33. The Bertz CT molecular complexity index is 958. The molecule has 156 valence electrons. The van der Waals surface area contributed by atoms with Crippen LogP contribution >= 0.6 is 11.3 Å². The molecule has 1 aliphatic rings. The lowest BCUT2D eigenvalue weighted by Gasteiger charge is -2.34. The number of carbonyl (C=O) groups is 2. The summed E-state index contributed by atoms with van der Waals surface area (Å²) in [5.41, 5.74) is 1.46. The van der Waals surface area contributed by atoms with Gasteiger partial charge in [0.2, 0.25) is 0 Å². The maximum atomic E-state index is 12.9. The minimum atomic E-state index is -3.52. The third kappa shape index (κ3) is 5.23. The summed E-state index contributed by atoms with van der Waals surface area (Å²) < 4.78 is 27.7. The summed E-state index contributed by atoms with van der Waals surface area (Å²) in [4.78, 5) is 24.2. The fraction of sp³-hybridized carbons (Fsp3) is 0.400. The van der Waals surface area contributed by atoms with Crippen molar-refractivity contribution >= 4 is 38.9 Å². The zero-order valence-electron chi connectivity index (χ0n) is 16.3. The number of thiophene rings is 1. The molecule has 1 fully saturated rings. The van der Waals surface area contributed by atoms with Crippen molar-refractivity contribution in [3.8, 4) is 0 Å². The number of para-hydroxylation sites is 1. The van der Waals surface area contributed by atoms with E-state index >= 15 is 0 Å². The zero-order valence-corrected chi connectivity index (χ0v) is 17.9. The Labute approximate surface area is 175 Å². The van der Waals surface area contributed by atoms with Crippen LogP contribution in [0.3, 0.4) is 0 Å². The molecule has 2 N–H and O–H groups in total. The predicted octanol–water partition coefficient (Wildman–Crippen LogP) is 2.74. The quantitative estimate of drug-likeness (QED) is 0.682. The highest BCUT2D eigenvalue weighted by molar-refractivity contribution is 7.91. The Hall–Kier alpha value is -2.23. The van der Waals surface area contributed by atoms with E-state index in [2.05, 4.69) is 10.6 Å². The van der Waals surface area contributed by atoms with Crippen molar-refractivity contribution in [1.29, 1.82) is 0 Å². The van der Waals surface area contributed by atoms with Gasteiger partial charge in [0.1, 0.15) is 4.21 Å². The molecule has 1 unspecified atom stereocenters. The van der Waals surface area contributed by atoms with E-state index in [0.717, 1.165) is 24.8 Å². The van der Waals surface area contributed by atoms with Crippen molar-refractivity contribution in [2.45, 2.75) is 42.9 Å². The van der Waals surface area contributed by atoms with E-state index < -0.39 is 21.8 Å². The van der Waals surface area contributed by atoms with Gasteiger partial charge < -0.3 is 10.6 Å². The third-order valence-electron chi connectivity index (χ3n) is 4.99. The molecular weight excluding hydrogens is 410 g/mol. The first kappa shape index (κ1) is 21.5. The molecule has 0 radical (unpaired) electrons. The minimum absolute atomic E-state index is 0.185. The fourth-order valence-corrected chi connectivity index (χ4v) is 6.27. The van der Waals surface area contributed by atoms with E-state index in [-0.39, 0.29) is 12.6 Å². The van der Waals surface area contributed by atoms with Crippen molar-refractivity contribution < 1.29 is 18.0 Å². The molecule has 0 saturated carbocycles. The smallest absolute Gasteiger partial charge is 0.313 e. The van der Waals surface area contributed by atoms with Gasteiger partial charge >= 0.3 is 11.8 Å². The van der Waals surface area contributed by atoms with Crippen molar-refractivity contribution in [1.82, 2.24) is 9.62 Å². The number of sulfonamides is 1. The number of hydrogen-bond acceptors (Lipinski definition) is 5. The summed E-state index contributed by atoms with van der Waals surface area (Å²) in [7, 11) is -3.52. The number of nitrogens with one attached hydrogen (secondary N) is 2. The molecule has 2 heterocycles. The van der Waals surface area contributed by atoms with Gasteiger partial charge in [0.15, 0.2) is 0 Å². The van der Waals surface area contributed by atoms with Crippen molar-refractivity contribution in [3.05, 3.63) is 47.3 Å². The molecule has 1 aromatic carbocycles. The van der Waals surface area contributed by atoms with Gasteiger partial charge in [-0.15, -0.1) is 11.3 Å². The van der Waals surface area contributed by atoms with E-state index in [4.69, 9.17) is 0 Å². The number of benzene rings is 1. The normalized spacial score (nSPS) is 17.6. The number of nitrogens with zero attached hydrogens (tertiary/aromatic N) is 1. The number of amides is 2. The predicted molar refractivity (Wildman–Crippen MR) is 113 cm³/mol. The summed E-state index contributed by atoms with van der Waals surface area (Å²) in [6.07, 6.45) is 2.99. The summed E-state index contributed by atoms with van der Waals surface area (Å²) >= 11 is 1.21. The summed E-state index contributed by atoms with van der Waals surface area (Å²) in [5.74, 6) is -1.46. The van der Waals surface area contributed by atoms with Crippen LogP contribution in [0.4, 0.5) is 5.69 Å². The molecule has 1 atom stereocenters. The molecule has 7 nitrogen and oxygen atoms in total. The molecule has 0 aliphatic carbocycles. The van der Waals surface area contributed by atoms with Gasteiger partial charge in [0.25, 0.3) is 10.0 Å². The molecule has 1 aliphatic heterocycles. The zero-order chi connectivity index (χ0) is 20.9. The number of rotatable bonds is 6. The maximum absolute atomic E-state index is 12.9. The Balaban J connectivity index is 1.55. The van der Waals surface area contributed by atoms with Crippen LogP contribution in [0.25, 0.3) is 0 Å². The Morgan fingerprint density at radius 1 is 1.14 bits per heavy atom. The lowest BCUT2D eigenvalue weighted by atomic mass is 10.0. The van der Waals surface area contributed by atoms with Crippen LogP contribution in [0, 0.1) is 6.92 Å². The molecule has 9 heteroatoms. The highest BCUT2D eigenvalue weighted by atomic mass is 32.2. The van der Waals surface area contributed by atoms with Crippen LogP contribution in [-0.2, 0) is 19.6 Å². The monoisotopic (exact) mass is 435 g/mol. The van der Waals surface area contributed by atoms with Gasteiger partial charge in [-0.3, -0.25) is 9.59 Å². The number of hydrogen-bond donors (Lipinski definition) is 2. The van der Waals surface area contributed by atoms with E-state index in [9.17, 15) is 18.0 Å². The first-order valence-corrected chi connectivity index (χ1v) is 11.9. The average Bonchev–Trinajstić information content (AvgIpc) is 3.25. The molecule has 0 bridgehead atoms. The summed E-state index contributed by atoms with van der Waals surface area (Å²) in [6.45, 7) is 2.56. The highest BCUT2D eigenvalue weighted by Crippen LogP contribution is 2.29. The van der Waals surface area contributed by atoms with Gasteiger partial charge in [-0.05, 0) is 49.3 Å². The molecule has 1 saturated heterocycles. The molecule has 3 rings (SSSR count). The van der Waals surface area contributed by atoms with Crippen LogP contribution in [0.15, 0.2) is 46.0 Å². The Morgan fingerprint density at radius 3 is 2.66 bits per heavy atom. The van der Waals surface area contributed by atoms with E-state index in [0.29, 0.717) is 22.9 Å². The number of piperidine rings is 1. The van der Waals surface area contributed by atoms with Crippen molar-refractivity contribution in [3.63, 3.8) is 0 Å². The van der Waals surface area contributed by atoms with Gasteiger partial charge in [-0.1, -0.05) is 30.7 Å². The van der Waals surface area contributed by atoms with E-state index in [1.165, 1.54) is 11.3 Å². The molecular formula is C20H25N3O4S2. The maximum Gasteiger partial charge on any atom is 0.313 e. The molecule has 1 aromatic heterocycles. The summed E-state index contributed by atoms with van der Waals surface area (Å²) in [5, 5.41) is 6.95. The second kappa shape index (κ2) is 9.51. The van der Waals surface area contributed by atoms with Gasteiger partial charge in [0.05, 0.1) is 0 Å². The Kier molecular flexibility index (Phi) is 7.05. The van der Waals surface area contributed by atoms with Crippen LogP contribution in [-0.4, -0.2) is 43.7 Å². The Morgan fingerprint density at radius 2 is 1.93 bits per heavy atom. The van der Waals surface area contributed by atoms with Gasteiger partial charge in [-0.2, -0.15) is 4.31 Å². The SMILES string of the molecule is Cc1ccccc1NC(=O)C(=O)NCCC1CCCCN1S(=O)(=O)c1cccs1. The lowest BCUT2D eigenvalue weighted by molar-refractivity contribution is -0.136. The van der Waals surface area contributed by atoms with E-state index in [1.807, 2.05) is 19.1 Å². The van der Waals surface area contributed by atoms with Gasteiger partial charge in [-0.25, -0.2) is 8.42 Å². The van der Waals surface area contributed by atoms with Crippen molar-refractivity contribution in [2.75, 3.05) is 18.4 Å². The van der Waals surface area contributed by atoms with E-state index in [1.54, 1.807) is 34.0 Å². The van der Waals surface area contributed by atoms with Gasteiger partial charge in [0, 0.05) is 24.8 Å². The number of carbonyl (C=O) groups excluding carboxylic acids is 2. The molecule has 29 heavy (non-hydrogen) atoms. The fourth-order valence-electron chi connectivity index (χ4n) is 3.43. The number of anilines is 1. The summed E-state index contributed by atoms with van der Waals surface area (Å²) in [6, 6.07) is 10.4. The van der Waals surface area contributed by atoms with Crippen LogP contribution < -0.4 is 10.6 Å². The third-order valence-corrected chi connectivity index (χ3v) is 8.32. The van der Waals surface area contributed by atoms with Crippen LogP contribution in [0.1, 0.15) is 31.2 Å². The standard InChI is InChI=1S/C20H25N3O4S2/c1-15-7-2-3-9-17(15)22-20(25)19(24)21-12-11-16-8-4-5-13-23(16)29(26,27)18-10-6-14-28-18/h2-3,6-7,9-10,14,16H,4-5,8,11-13H2,1H3,(H,21,24)(H,22,25). The molecule has 2 amide bonds. The van der Waals surface area contributed by atoms with Crippen LogP contribution in [0.5, 0.6) is 0 Å². The lowest BCUT2D eigenvalue weighted by Crippen LogP contribution is -2.45. The molecule has 0 spiro atoms. The topological polar surface area (TPSA) is 95.6 Å². The minimum Gasteiger partial charge on any atom is -0.348 e. The second-order valence-corrected chi connectivity index (χ2v) is 10.1. The van der Waals surface area contributed by atoms with Crippen molar-refractivity contribution in [2.24, 2.45) is 0 Å².